The number of nitrogens with zero attached hydrogens (tertiary/aromatic N) is 2. The van der Waals surface area contributed by atoms with Crippen LogP contribution in [-0.2, 0) is 0 Å². The molecule has 5 aromatic rings. The molecule has 2 N–H and O–H groups in total. The number of nitrogens with one attached hydrogen (secondary N) is 2. The number of aromatic amines is 2. The first-order valence-electron chi connectivity index (χ1n) is 8.44. The minimum absolute atomic E-state index is 0.272. The normalized spacial score (nSPS) is 11.5. The lowest BCUT2D eigenvalue weighted by atomic mass is 10.0. The van der Waals surface area contributed by atoms with Gasteiger partial charge in [0.05, 0.1) is 23.5 Å². The molecule has 0 spiro atoms. The number of hydrogen-bond acceptors (Lipinski definition) is 5. The highest BCUT2D eigenvalue weighted by Gasteiger charge is 2.16. The monoisotopic (exact) mass is 392 g/mol. The smallest absolute Gasteiger partial charge is 0.256 e. The Morgan fingerprint density at radius 2 is 2.00 bits per heavy atom. The molecule has 28 heavy (non-hydrogen) atoms. The molecule has 0 saturated heterocycles. The third-order valence-electron chi connectivity index (χ3n) is 4.55. The van der Waals surface area contributed by atoms with Crippen molar-refractivity contribution in [1.82, 2.24) is 19.9 Å². The largest absolute Gasteiger partial charge is 0.481 e. The number of methoxy groups -OCH3 is 1. The summed E-state index contributed by atoms with van der Waals surface area (Å²) in [7, 11) is 1.56. The Hall–Kier alpha value is -3.39. The van der Waals surface area contributed by atoms with Crippen molar-refractivity contribution in [1.29, 1.82) is 0 Å². The third-order valence-corrected chi connectivity index (χ3v) is 5.42. The van der Waals surface area contributed by atoms with Gasteiger partial charge < -0.3 is 14.7 Å². The highest BCUT2D eigenvalue weighted by Crippen LogP contribution is 2.35. The van der Waals surface area contributed by atoms with E-state index in [4.69, 9.17) is 9.72 Å². The van der Waals surface area contributed by atoms with Crippen LogP contribution < -0.4 is 10.3 Å². The fourth-order valence-electron chi connectivity index (χ4n) is 3.33. The molecule has 5 rings (SSSR count). The van der Waals surface area contributed by atoms with E-state index in [0.29, 0.717) is 32.7 Å². The van der Waals surface area contributed by atoms with E-state index in [-0.39, 0.29) is 5.56 Å². The molecule has 2 aromatic carbocycles. The highest BCUT2D eigenvalue weighted by molar-refractivity contribution is 7.99. The van der Waals surface area contributed by atoms with E-state index in [9.17, 15) is 9.18 Å². The summed E-state index contributed by atoms with van der Waals surface area (Å²) in [6.45, 7) is 0. The maximum Gasteiger partial charge on any atom is 0.256 e. The summed E-state index contributed by atoms with van der Waals surface area (Å²) in [5, 5.41) is 3.05. The van der Waals surface area contributed by atoms with E-state index >= 15 is 0 Å². The lowest BCUT2D eigenvalue weighted by molar-refractivity contribution is 0.397. The summed E-state index contributed by atoms with van der Waals surface area (Å²) in [6, 6.07) is 9.88. The lowest BCUT2D eigenvalue weighted by Crippen LogP contribution is -2.05. The first-order valence-corrected chi connectivity index (χ1v) is 9.26. The van der Waals surface area contributed by atoms with Gasteiger partial charge in [-0.1, -0.05) is 11.8 Å². The maximum absolute atomic E-state index is 13.9. The molecule has 6 nitrogen and oxygen atoms in total. The Kier molecular flexibility index (Phi) is 3.80. The Bertz CT molecular complexity index is 1410. The second kappa shape index (κ2) is 6.35. The van der Waals surface area contributed by atoms with Crippen LogP contribution in [-0.4, -0.2) is 27.0 Å². The number of fused-ring (bicyclic) bond motifs is 6. The molecule has 0 amide bonds. The van der Waals surface area contributed by atoms with Crippen molar-refractivity contribution in [3.63, 3.8) is 0 Å². The van der Waals surface area contributed by atoms with Gasteiger partial charge >= 0.3 is 0 Å². The van der Waals surface area contributed by atoms with Gasteiger partial charge in [-0.25, -0.2) is 14.4 Å². The zero-order chi connectivity index (χ0) is 19.3. The molecule has 8 heteroatoms. The zero-order valence-electron chi connectivity index (χ0n) is 14.6. The van der Waals surface area contributed by atoms with Crippen molar-refractivity contribution < 1.29 is 9.13 Å². The molecule has 0 aliphatic heterocycles. The molecule has 0 aliphatic carbocycles. The number of rotatable bonds is 3. The van der Waals surface area contributed by atoms with Crippen LogP contribution in [0.25, 0.3) is 32.6 Å². The lowest BCUT2D eigenvalue weighted by Gasteiger charge is -2.05. The molecule has 3 aromatic heterocycles. The number of aromatic nitrogens is 4. The van der Waals surface area contributed by atoms with Crippen LogP contribution in [0, 0.1) is 5.82 Å². The molecule has 0 atom stereocenters. The fraction of sp³-hybridized carbons (Fsp3) is 0.0500. The molecule has 0 bridgehead atoms. The summed E-state index contributed by atoms with van der Waals surface area (Å²) in [5.74, 6) is 0.141. The molecule has 138 valence electrons. The van der Waals surface area contributed by atoms with Gasteiger partial charge in [0.15, 0.2) is 5.16 Å². The number of pyridine rings is 2. The predicted octanol–water partition coefficient (Wildman–Crippen LogP) is 4.25. The minimum Gasteiger partial charge on any atom is -0.481 e. The number of imidazole rings is 1. The first kappa shape index (κ1) is 16.8. The topological polar surface area (TPSA) is 83.7 Å². The Morgan fingerprint density at radius 3 is 2.79 bits per heavy atom. The molecule has 0 aliphatic rings. The minimum atomic E-state index is -0.394. The van der Waals surface area contributed by atoms with E-state index in [0.717, 1.165) is 15.8 Å². The molecule has 0 saturated carbocycles. The van der Waals surface area contributed by atoms with Crippen LogP contribution in [0.15, 0.2) is 63.6 Å². The van der Waals surface area contributed by atoms with Gasteiger partial charge in [-0.15, -0.1) is 0 Å². The van der Waals surface area contributed by atoms with E-state index in [1.165, 1.54) is 23.9 Å². The molecular weight excluding hydrogens is 379 g/mol. The van der Waals surface area contributed by atoms with Gasteiger partial charge in [-0.3, -0.25) is 4.79 Å². The van der Waals surface area contributed by atoms with Crippen molar-refractivity contribution in [2.75, 3.05) is 7.11 Å². The van der Waals surface area contributed by atoms with Gasteiger partial charge in [0, 0.05) is 39.5 Å². The van der Waals surface area contributed by atoms with Crippen LogP contribution in [0.4, 0.5) is 4.39 Å². The van der Waals surface area contributed by atoms with Gasteiger partial charge in [0.25, 0.3) is 5.56 Å². The van der Waals surface area contributed by atoms with Crippen LogP contribution in [0.5, 0.6) is 5.88 Å². The van der Waals surface area contributed by atoms with Crippen molar-refractivity contribution in [2.24, 2.45) is 0 Å². The molecule has 0 fully saturated rings. The summed E-state index contributed by atoms with van der Waals surface area (Å²) < 4.78 is 19.0. The van der Waals surface area contributed by atoms with Gasteiger partial charge in [-0.2, -0.15) is 0 Å². The second-order valence-corrected chi connectivity index (χ2v) is 7.25. The van der Waals surface area contributed by atoms with Crippen molar-refractivity contribution in [3.8, 4) is 5.88 Å². The quantitative estimate of drug-likeness (QED) is 0.449. The van der Waals surface area contributed by atoms with E-state index in [1.807, 2.05) is 6.07 Å². The second-order valence-electron chi connectivity index (χ2n) is 6.19. The van der Waals surface area contributed by atoms with E-state index in [1.54, 1.807) is 37.7 Å². The summed E-state index contributed by atoms with van der Waals surface area (Å²) in [5.41, 5.74) is 1.16. The summed E-state index contributed by atoms with van der Waals surface area (Å²) in [6.07, 6.45) is 3.27. The van der Waals surface area contributed by atoms with Crippen LogP contribution in [0.1, 0.15) is 0 Å². The number of H-pyrrole nitrogens is 2. The van der Waals surface area contributed by atoms with E-state index in [2.05, 4.69) is 15.0 Å². The average molecular weight is 392 g/mol. The number of ether oxygens (including phenoxy) is 1. The zero-order valence-corrected chi connectivity index (χ0v) is 15.4. The molecule has 0 unspecified atom stereocenters. The fourth-order valence-corrected chi connectivity index (χ4v) is 4.09. The van der Waals surface area contributed by atoms with Gasteiger partial charge in [0.2, 0.25) is 5.88 Å². The standard InChI is InChI=1S/C20H13FN4O2S/c1-27-15-5-3-11(9-23-15)28-20-24-17-12-4-2-10(21)8-14(12)16-13(18(17)25-20)6-7-22-19(16)26/h2-9H,1H3,(H,22,26)(H,24,25). The van der Waals surface area contributed by atoms with Crippen molar-refractivity contribution in [3.05, 3.63) is 65.0 Å². The maximum atomic E-state index is 13.9. The number of hydrogen-bond donors (Lipinski definition) is 2. The number of halogens is 1. The SMILES string of the molecule is COc1ccc(Sc2nc3c4cc[nH]c(=O)c4c4cc(F)ccc4c3[nH]2)cn1. The molecule has 3 heterocycles. The Labute approximate surface area is 161 Å². The molecular formula is C20H13FN4O2S. The number of benzene rings is 2. The van der Waals surface area contributed by atoms with Crippen molar-refractivity contribution in [2.45, 2.75) is 10.1 Å². The first-order chi connectivity index (χ1) is 13.6. The van der Waals surface area contributed by atoms with Crippen LogP contribution in [0.3, 0.4) is 0 Å². The summed E-state index contributed by atoms with van der Waals surface area (Å²) >= 11 is 1.41. The highest BCUT2D eigenvalue weighted by atomic mass is 32.2. The average Bonchev–Trinajstić information content (AvgIpc) is 3.12. The summed E-state index contributed by atoms with van der Waals surface area (Å²) in [4.78, 5) is 28.2. The van der Waals surface area contributed by atoms with Gasteiger partial charge in [0.1, 0.15) is 5.82 Å². The van der Waals surface area contributed by atoms with Crippen LogP contribution in [0.2, 0.25) is 0 Å². The molecule has 0 radical (unpaired) electrons. The Morgan fingerprint density at radius 1 is 1.11 bits per heavy atom. The van der Waals surface area contributed by atoms with Gasteiger partial charge in [-0.05, 0) is 30.3 Å². The van der Waals surface area contributed by atoms with E-state index < -0.39 is 5.82 Å². The third kappa shape index (κ3) is 2.61. The van der Waals surface area contributed by atoms with Crippen LogP contribution >= 0.6 is 11.8 Å². The van der Waals surface area contributed by atoms with Crippen molar-refractivity contribution >= 4 is 44.3 Å². The Balaban J connectivity index is 1.76. The predicted molar refractivity (Wildman–Crippen MR) is 107 cm³/mol.